The minimum Gasteiger partial charge on any atom is -0.330 e. The SMILES string of the molecule is CC(=O)N1N=C(c2cccc(C(F)(F)F)c2)S[C@@]12c1ccccc1CC[C@@H]2CCN.CC(=O)N1N=C(c2cccc(Cl)c2)S[C@]12c1ccccc1CC[C@H]2CCN. The molecule has 2 heterocycles. The molecule has 0 bridgehead atoms. The summed E-state index contributed by atoms with van der Waals surface area (Å²) in [5.74, 6) is -0.0217. The predicted molar refractivity (Wildman–Crippen MR) is 223 cm³/mol. The lowest BCUT2D eigenvalue weighted by atomic mass is 9.77. The molecule has 0 radical (unpaired) electrons. The molecule has 0 aromatic heterocycles. The molecule has 2 aliphatic carbocycles. The van der Waals surface area contributed by atoms with Gasteiger partial charge in [-0.1, -0.05) is 108 Å². The number of fused-ring (bicyclic) bond motifs is 4. The summed E-state index contributed by atoms with van der Waals surface area (Å²) in [4.78, 5) is 24.0. The Morgan fingerprint density at radius 3 is 1.61 bits per heavy atom. The zero-order valence-corrected chi connectivity index (χ0v) is 34.0. The van der Waals surface area contributed by atoms with Crippen LogP contribution >= 0.6 is 35.1 Å². The summed E-state index contributed by atoms with van der Waals surface area (Å²) in [6, 6.07) is 29.1. The van der Waals surface area contributed by atoms with Gasteiger partial charge in [0.1, 0.15) is 19.8 Å². The first-order valence-electron chi connectivity index (χ1n) is 19.0. The van der Waals surface area contributed by atoms with Crippen LogP contribution in [0, 0.1) is 11.8 Å². The van der Waals surface area contributed by atoms with Crippen LogP contribution in [0.4, 0.5) is 13.2 Å². The van der Waals surface area contributed by atoms with Crippen molar-refractivity contribution < 1.29 is 22.8 Å². The molecule has 57 heavy (non-hydrogen) atoms. The number of halogens is 4. The van der Waals surface area contributed by atoms with E-state index in [4.69, 9.17) is 28.2 Å². The Kier molecular flexibility index (Phi) is 12.0. The quantitative estimate of drug-likeness (QED) is 0.200. The smallest absolute Gasteiger partial charge is 0.330 e. The fraction of sp³-hybridized carbons (Fsp3) is 0.349. The first-order chi connectivity index (χ1) is 27.3. The maximum atomic E-state index is 13.2. The summed E-state index contributed by atoms with van der Waals surface area (Å²) in [5, 5.41) is 14.4. The van der Waals surface area contributed by atoms with Gasteiger partial charge in [0.2, 0.25) is 11.8 Å². The number of nitrogens with two attached hydrogens (primary N) is 2. The molecule has 2 amide bonds. The molecule has 14 heteroatoms. The average molecular weight is 833 g/mol. The molecule has 0 fully saturated rings. The van der Waals surface area contributed by atoms with Crippen LogP contribution in [0.2, 0.25) is 5.02 Å². The highest BCUT2D eigenvalue weighted by Crippen LogP contribution is 2.59. The monoisotopic (exact) mass is 832 g/mol. The van der Waals surface area contributed by atoms with E-state index in [1.165, 1.54) is 40.9 Å². The van der Waals surface area contributed by atoms with E-state index in [1.807, 2.05) is 54.6 Å². The number of rotatable bonds is 6. The molecule has 4 atom stereocenters. The topological polar surface area (TPSA) is 117 Å². The van der Waals surface area contributed by atoms with Crippen molar-refractivity contribution in [2.75, 3.05) is 13.1 Å². The number of benzene rings is 4. The second-order valence-electron chi connectivity index (χ2n) is 14.6. The number of carbonyl (C=O) groups excluding carboxylic acids is 2. The van der Waals surface area contributed by atoms with Crippen LogP contribution in [-0.2, 0) is 38.3 Å². The van der Waals surface area contributed by atoms with E-state index in [9.17, 15) is 22.8 Å². The Labute approximate surface area is 344 Å². The average Bonchev–Trinajstić information content (AvgIpc) is 3.80. The summed E-state index contributed by atoms with van der Waals surface area (Å²) in [6.07, 6.45) is 0.784. The molecule has 2 spiro atoms. The fourth-order valence-corrected chi connectivity index (χ4v) is 12.1. The lowest BCUT2D eigenvalue weighted by molar-refractivity contribution is -0.137. The summed E-state index contributed by atoms with van der Waals surface area (Å²) < 4.78 is 39.7. The Morgan fingerprint density at radius 2 is 1.18 bits per heavy atom. The van der Waals surface area contributed by atoms with Crippen LogP contribution < -0.4 is 11.5 Å². The molecule has 8 rings (SSSR count). The number of amides is 2. The van der Waals surface area contributed by atoms with Crippen molar-refractivity contribution in [1.82, 2.24) is 10.0 Å². The molecule has 298 valence electrons. The van der Waals surface area contributed by atoms with Gasteiger partial charge in [-0.3, -0.25) is 9.59 Å². The van der Waals surface area contributed by atoms with Crippen LogP contribution in [0.1, 0.15) is 78.5 Å². The third-order valence-corrected chi connectivity index (χ3v) is 14.4. The van der Waals surface area contributed by atoms with Crippen molar-refractivity contribution in [1.29, 1.82) is 0 Å². The summed E-state index contributed by atoms with van der Waals surface area (Å²) >= 11 is 9.23. The maximum Gasteiger partial charge on any atom is 0.416 e. The minimum absolute atomic E-state index is 0.0401. The Morgan fingerprint density at radius 1 is 0.719 bits per heavy atom. The molecule has 0 saturated carbocycles. The van der Waals surface area contributed by atoms with Gasteiger partial charge >= 0.3 is 6.18 Å². The fourth-order valence-electron chi connectivity index (χ4n) is 8.64. The summed E-state index contributed by atoms with van der Waals surface area (Å²) in [6.45, 7) is 4.08. The highest BCUT2D eigenvalue weighted by molar-refractivity contribution is 8.15. The number of aryl methyl sites for hydroxylation is 2. The zero-order valence-electron chi connectivity index (χ0n) is 31.6. The number of thioether (sulfide) groups is 2. The molecule has 4 N–H and O–H groups in total. The van der Waals surface area contributed by atoms with Crippen molar-refractivity contribution in [3.8, 4) is 0 Å². The Bertz CT molecular complexity index is 2240. The van der Waals surface area contributed by atoms with Crippen LogP contribution in [0.5, 0.6) is 0 Å². The van der Waals surface area contributed by atoms with E-state index in [-0.39, 0.29) is 23.7 Å². The van der Waals surface area contributed by atoms with Crippen LogP contribution in [0.15, 0.2) is 107 Å². The van der Waals surface area contributed by atoms with Crippen LogP contribution in [-0.4, -0.2) is 45.0 Å². The second-order valence-corrected chi connectivity index (χ2v) is 17.5. The van der Waals surface area contributed by atoms with Gasteiger partial charge in [-0.25, -0.2) is 10.0 Å². The van der Waals surface area contributed by atoms with Gasteiger partial charge in [0, 0.05) is 30.0 Å². The van der Waals surface area contributed by atoms with Gasteiger partial charge < -0.3 is 11.5 Å². The number of carbonyl (C=O) groups is 2. The van der Waals surface area contributed by atoms with Crippen molar-refractivity contribution in [3.05, 3.63) is 141 Å². The number of hydrazone groups is 2. The zero-order chi connectivity index (χ0) is 40.5. The van der Waals surface area contributed by atoms with E-state index in [1.54, 1.807) is 29.8 Å². The Hall–Kier alpha value is -4.14. The number of hydrogen-bond donors (Lipinski definition) is 2. The minimum atomic E-state index is -4.45. The first-order valence-corrected chi connectivity index (χ1v) is 21.0. The van der Waals surface area contributed by atoms with E-state index < -0.39 is 21.5 Å². The Balaban J connectivity index is 0.000000175. The van der Waals surface area contributed by atoms with E-state index in [2.05, 4.69) is 23.3 Å². The molecular formula is C43H44ClF3N6O2S2. The molecule has 0 saturated heterocycles. The molecule has 8 nitrogen and oxygen atoms in total. The van der Waals surface area contributed by atoms with Crippen molar-refractivity contribution in [2.45, 2.75) is 68.3 Å². The number of nitrogens with zero attached hydrogens (tertiary/aromatic N) is 4. The predicted octanol–water partition coefficient (Wildman–Crippen LogP) is 9.09. The normalized spacial score (nSPS) is 23.7. The summed E-state index contributed by atoms with van der Waals surface area (Å²) in [5.41, 5.74) is 17.0. The van der Waals surface area contributed by atoms with Gasteiger partial charge in [0.15, 0.2) is 0 Å². The highest BCUT2D eigenvalue weighted by Gasteiger charge is 2.56. The number of hydrogen-bond acceptors (Lipinski definition) is 8. The third kappa shape index (κ3) is 7.65. The van der Waals surface area contributed by atoms with Gasteiger partial charge in [-0.15, -0.1) is 0 Å². The van der Waals surface area contributed by atoms with Crippen LogP contribution in [0.25, 0.3) is 0 Å². The largest absolute Gasteiger partial charge is 0.416 e. The first kappa shape index (κ1) is 41.0. The lowest BCUT2D eigenvalue weighted by Crippen LogP contribution is -2.49. The van der Waals surface area contributed by atoms with Gasteiger partial charge in [0.25, 0.3) is 0 Å². The molecule has 4 aromatic carbocycles. The molecule has 0 unspecified atom stereocenters. The van der Waals surface area contributed by atoms with Gasteiger partial charge in [-0.2, -0.15) is 23.4 Å². The summed E-state index contributed by atoms with van der Waals surface area (Å²) in [7, 11) is 0. The van der Waals surface area contributed by atoms with Gasteiger partial charge in [-0.05, 0) is 110 Å². The molecule has 4 aliphatic rings. The maximum absolute atomic E-state index is 13.2. The lowest BCUT2D eigenvalue weighted by Gasteiger charge is -2.45. The molecular weight excluding hydrogens is 789 g/mol. The van der Waals surface area contributed by atoms with Crippen molar-refractivity contribution in [2.24, 2.45) is 33.5 Å². The second kappa shape index (κ2) is 16.6. The van der Waals surface area contributed by atoms with Crippen molar-refractivity contribution in [3.63, 3.8) is 0 Å². The van der Waals surface area contributed by atoms with E-state index in [0.717, 1.165) is 66.0 Å². The number of alkyl halides is 3. The van der Waals surface area contributed by atoms with E-state index >= 15 is 0 Å². The van der Waals surface area contributed by atoms with E-state index in [0.29, 0.717) is 35.1 Å². The van der Waals surface area contributed by atoms with Crippen LogP contribution in [0.3, 0.4) is 0 Å². The van der Waals surface area contributed by atoms with Crippen molar-refractivity contribution >= 4 is 57.0 Å². The highest BCUT2D eigenvalue weighted by atomic mass is 35.5. The molecule has 2 aliphatic heterocycles. The standard InChI is InChI=1S/C22H22F3N3OS.C21H22ClN3OS/c1-14(29)28-21(17(11-12-26)10-9-15-5-2-3-8-19(15)21)30-20(27-28)16-6-4-7-18(13-16)22(23,24)25;1-14(26)25-21(27-20(24-25)16-6-4-7-18(22)13-16)17(11-12-23)10-9-15-5-2-3-8-19(15)21/h2-8,13,17H,9-12,26H2,1H3;2-8,13,17H,9-12,23H2,1H3/t2*17-,21+/m10/s1. The third-order valence-electron chi connectivity index (χ3n) is 11.1. The van der Waals surface area contributed by atoms with Gasteiger partial charge in [0.05, 0.1) is 5.56 Å². The molecule has 4 aromatic rings.